The Labute approximate surface area is 146 Å². The molecule has 0 radical (unpaired) electrons. The van der Waals surface area contributed by atoms with Gasteiger partial charge in [0.15, 0.2) is 5.03 Å². The number of nitrogens with one attached hydrogen (secondary N) is 1. The van der Waals surface area contributed by atoms with Gasteiger partial charge in [0.25, 0.3) is 0 Å². The lowest BCUT2D eigenvalue weighted by Crippen LogP contribution is -2.44. The number of carboxylic acids is 1. The average Bonchev–Trinajstić information content (AvgIpc) is 2.44. The molecule has 1 aromatic rings. The zero-order valence-corrected chi connectivity index (χ0v) is 14.8. The Morgan fingerprint density at radius 3 is 2.71 bits per heavy atom. The minimum Gasteiger partial charge on any atom is -0.480 e. The number of hydrogen-bond donors (Lipinski definition) is 2. The monoisotopic (exact) mass is 375 g/mol. The van der Waals surface area contributed by atoms with Crippen molar-refractivity contribution >= 4 is 39.3 Å². The van der Waals surface area contributed by atoms with Crippen LogP contribution in [-0.2, 0) is 9.53 Å². The summed E-state index contributed by atoms with van der Waals surface area (Å²) < 4.78 is 5.00. The lowest BCUT2D eigenvalue weighted by Gasteiger charge is -2.21. The van der Waals surface area contributed by atoms with Crippen molar-refractivity contribution in [1.29, 1.82) is 0 Å². The van der Waals surface area contributed by atoms with E-state index in [-0.39, 0.29) is 16.5 Å². The van der Waals surface area contributed by atoms with E-state index >= 15 is 0 Å². The second kappa shape index (κ2) is 8.73. The standard InChI is InChI=1S/C13H17N3O6S2/c1-13(2,3)22-12(19)15-8(11(17)18)7-23-24-10-9(16(20)21)5-4-6-14-10/h4-6,8H,7H2,1-3H3,(H,15,19)(H,17,18)/t8-/m0/s1. The molecule has 0 bridgehead atoms. The summed E-state index contributed by atoms with van der Waals surface area (Å²) in [5, 5.41) is 22.4. The van der Waals surface area contributed by atoms with Crippen molar-refractivity contribution < 1.29 is 24.4 Å². The van der Waals surface area contributed by atoms with Gasteiger partial charge >= 0.3 is 17.7 Å². The van der Waals surface area contributed by atoms with Crippen LogP contribution in [0.4, 0.5) is 10.5 Å². The van der Waals surface area contributed by atoms with E-state index < -0.39 is 28.6 Å². The van der Waals surface area contributed by atoms with Gasteiger partial charge in [0.05, 0.1) is 4.92 Å². The molecule has 0 aliphatic rings. The first kappa shape index (κ1) is 20.0. The van der Waals surface area contributed by atoms with Crippen molar-refractivity contribution in [2.45, 2.75) is 37.4 Å². The highest BCUT2D eigenvalue weighted by Crippen LogP contribution is 2.35. The first-order chi connectivity index (χ1) is 11.1. The summed E-state index contributed by atoms with van der Waals surface area (Å²) in [5.41, 5.74) is -0.911. The van der Waals surface area contributed by atoms with E-state index in [0.717, 1.165) is 21.6 Å². The summed E-state index contributed by atoms with van der Waals surface area (Å²) in [6.45, 7) is 4.98. The van der Waals surface area contributed by atoms with E-state index in [1.54, 1.807) is 20.8 Å². The third kappa shape index (κ3) is 7.04. The summed E-state index contributed by atoms with van der Waals surface area (Å²) in [4.78, 5) is 37.0. The zero-order valence-electron chi connectivity index (χ0n) is 13.2. The predicted molar refractivity (Wildman–Crippen MR) is 90.0 cm³/mol. The molecule has 9 nitrogen and oxygen atoms in total. The number of carboxylic acid groups (broad SMARTS) is 1. The summed E-state index contributed by atoms with van der Waals surface area (Å²) >= 11 is 0. The highest BCUT2D eigenvalue weighted by atomic mass is 33.1. The van der Waals surface area contributed by atoms with Crippen molar-refractivity contribution in [2.24, 2.45) is 0 Å². The summed E-state index contributed by atoms with van der Waals surface area (Å²) in [7, 11) is 2.00. The smallest absolute Gasteiger partial charge is 0.408 e. The summed E-state index contributed by atoms with van der Waals surface area (Å²) in [6, 6.07) is 1.56. The number of alkyl carbamates (subject to hydrolysis) is 1. The van der Waals surface area contributed by atoms with E-state index in [0.29, 0.717) is 0 Å². The fourth-order valence-electron chi connectivity index (χ4n) is 1.37. The topological polar surface area (TPSA) is 132 Å². The molecule has 0 aliphatic heterocycles. The Morgan fingerprint density at radius 1 is 1.50 bits per heavy atom. The number of hydrogen-bond acceptors (Lipinski definition) is 8. The largest absolute Gasteiger partial charge is 0.480 e. The maximum Gasteiger partial charge on any atom is 0.408 e. The highest BCUT2D eigenvalue weighted by molar-refractivity contribution is 8.76. The Kier molecular flexibility index (Phi) is 7.29. The first-order valence-corrected chi connectivity index (χ1v) is 9.03. The Bertz CT molecular complexity index is 620. The molecular weight excluding hydrogens is 358 g/mol. The molecular formula is C13H17N3O6S2. The first-order valence-electron chi connectivity index (χ1n) is 6.71. The average molecular weight is 375 g/mol. The quantitative estimate of drug-likeness (QED) is 0.419. The minimum absolute atomic E-state index is 0.0209. The van der Waals surface area contributed by atoms with Gasteiger partial charge in [-0.1, -0.05) is 10.8 Å². The highest BCUT2D eigenvalue weighted by Gasteiger charge is 2.25. The van der Waals surface area contributed by atoms with Crippen LogP contribution in [-0.4, -0.2) is 44.5 Å². The SMILES string of the molecule is CC(C)(C)OC(=O)N[C@@H](CSSc1ncccc1[N+](=O)[O-])C(=O)O. The number of rotatable bonds is 7. The number of pyridine rings is 1. The van der Waals surface area contributed by atoms with Gasteiger partial charge < -0.3 is 15.2 Å². The number of nitro groups is 1. The molecule has 0 unspecified atom stereocenters. The van der Waals surface area contributed by atoms with Crippen LogP contribution in [0.25, 0.3) is 0 Å². The molecule has 1 heterocycles. The molecule has 2 N–H and O–H groups in total. The van der Waals surface area contributed by atoms with Gasteiger partial charge in [-0.2, -0.15) is 0 Å². The third-order valence-electron chi connectivity index (χ3n) is 2.31. The van der Waals surface area contributed by atoms with E-state index in [9.17, 15) is 19.7 Å². The zero-order chi connectivity index (χ0) is 18.3. The Balaban J connectivity index is 2.61. The Morgan fingerprint density at radius 2 is 2.17 bits per heavy atom. The normalized spacial score (nSPS) is 12.3. The molecule has 0 aliphatic carbocycles. The number of carbonyl (C=O) groups excluding carboxylic acids is 1. The van der Waals surface area contributed by atoms with Crippen LogP contribution in [0.1, 0.15) is 20.8 Å². The Hall–Kier alpha value is -2.01. The second-order valence-electron chi connectivity index (χ2n) is 5.49. The van der Waals surface area contributed by atoms with Gasteiger partial charge in [-0.05, 0) is 37.6 Å². The number of aliphatic carboxylic acids is 1. The van der Waals surface area contributed by atoms with Gasteiger partial charge in [0.1, 0.15) is 11.6 Å². The molecule has 1 atom stereocenters. The van der Waals surface area contributed by atoms with Crippen LogP contribution in [0.5, 0.6) is 0 Å². The molecule has 0 saturated carbocycles. The molecule has 1 rings (SSSR count). The molecule has 132 valence electrons. The van der Waals surface area contributed by atoms with Crippen LogP contribution in [0, 0.1) is 10.1 Å². The van der Waals surface area contributed by atoms with Gasteiger partial charge in [-0.25, -0.2) is 14.6 Å². The molecule has 11 heteroatoms. The second-order valence-corrected chi connectivity index (χ2v) is 7.82. The number of aromatic nitrogens is 1. The summed E-state index contributed by atoms with van der Waals surface area (Å²) in [6.07, 6.45) is 0.563. The van der Waals surface area contributed by atoms with Crippen LogP contribution >= 0.6 is 21.6 Å². The maximum absolute atomic E-state index is 11.6. The molecule has 24 heavy (non-hydrogen) atoms. The van der Waals surface area contributed by atoms with Gasteiger partial charge in [0.2, 0.25) is 0 Å². The number of amides is 1. The number of nitrogens with zero attached hydrogens (tertiary/aromatic N) is 2. The lowest BCUT2D eigenvalue weighted by molar-refractivity contribution is -0.388. The fourth-order valence-corrected chi connectivity index (χ4v) is 3.57. The number of carbonyl (C=O) groups is 2. The molecule has 0 spiro atoms. The molecule has 0 fully saturated rings. The van der Waals surface area contributed by atoms with E-state index in [4.69, 9.17) is 9.84 Å². The van der Waals surface area contributed by atoms with E-state index in [1.807, 2.05) is 0 Å². The molecule has 0 saturated heterocycles. The van der Waals surface area contributed by atoms with Crippen LogP contribution in [0.3, 0.4) is 0 Å². The van der Waals surface area contributed by atoms with Crippen molar-refractivity contribution in [3.8, 4) is 0 Å². The number of ether oxygens (including phenoxy) is 1. The lowest BCUT2D eigenvalue weighted by atomic mass is 10.2. The van der Waals surface area contributed by atoms with Crippen molar-refractivity contribution in [2.75, 3.05) is 5.75 Å². The van der Waals surface area contributed by atoms with Gasteiger partial charge in [0, 0.05) is 18.0 Å². The minimum atomic E-state index is -1.23. The van der Waals surface area contributed by atoms with Crippen molar-refractivity contribution in [3.05, 3.63) is 28.4 Å². The van der Waals surface area contributed by atoms with E-state index in [1.165, 1.54) is 18.3 Å². The summed E-state index contributed by atoms with van der Waals surface area (Å²) in [5.74, 6) is -1.25. The molecule has 1 amide bonds. The molecule has 1 aromatic heterocycles. The van der Waals surface area contributed by atoms with Crippen LogP contribution < -0.4 is 5.32 Å². The van der Waals surface area contributed by atoms with Crippen LogP contribution in [0.15, 0.2) is 23.4 Å². The van der Waals surface area contributed by atoms with Crippen molar-refractivity contribution in [3.63, 3.8) is 0 Å². The van der Waals surface area contributed by atoms with Gasteiger partial charge in [-0.15, -0.1) is 0 Å². The van der Waals surface area contributed by atoms with Crippen LogP contribution in [0.2, 0.25) is 0 Å². The fraction of sp³-hybridized carbons (Fsp3) is 0.462. The predicted octanol–water partition coefficient (Wildman–Crippen LogP) is 2.71. The molecule has 0 aromatic carbocycles. The third-order valence-corrected chi connectivity index (χ3v) is 4.60. The van der Waals surface area contributed by atoms with Gasteiger partial charge in [-0.3, -0.25) is 10.1 Å². The maximum atomic E-state index is 11.6. The van der Waals surface area contributed by atoms with Crippen molar-refractivity contribution in [1.82, 2.24) is 10.3 Å². The van der Waals surface area contributed by atoms with E-state index in [2.05, 4.69) is 10.3 Å².